The van der Waals surface area contributed by atoms with Crippen molar-refractivity contribution >= 4 is 17.4 Å². The van der Waals surface area contributed by atoms with Crippen molar-refractivity contribution in [1.82, 2.24) is 9.97 Å². The van der Waals surface area contributed by atoms with Crippen LogP contribution in [0.4, 0.5) is 5.69 Å². The number of hydrogen-bond donors (Lipinski definition) is 2. The van der Waals surface area contributed by atoms with E-state index in [0.717, 1.165) is 23.6 Å². The van der Waals surface area contributed by atoms with E-state index in [9.17, 15) is 4.79 Å². The molecule has 1 aromatic heterocycles. The standard InChI is InChI=1S/C13H13N3OS/c14-9-3-1-2-4-10(9)18-12-7-11(17)15-13(16-12)8-5-6-8/h1-4,7-8H,5-6,14H2,(H,15,16,17). The molecule has 1 aliphatic carbocycles. The summed E-state index contributed by atoms with van der Waals surface area (Å²) in [6.45, 7) is 0. The second-order valence-corrected chi connectivity index (χ2v) is 5.45. The lowest BCUT2D eigenvalue weighted by atomic mass is 10.3. The smallest absolute Gasteiger partial charge is 0.252 e. The maximum atomic E-state index is 11.6. The number of benzene rings is 1. The van der Waals surface area contributed by atoms with Crippen molar-refractivity contribution in [2.45, 2.75) is 28.7 Å². The lowest BCUT2D eigenvalue weighted by molar-refractivity contribution is 0.860. The number of aromatic nitrogens is 2. The number of hydrogen-bond acceptors (Lipinski definition) is 4. The molecule has 0 bridgehead atoms. The Hall–Kier alpha value is -1.75. The predicted molar refractivity (Wildman–Crippen MR) is 71.8 cm³/mol. The Balaban J connectivity index is 1.93. The van der Waals surface area contributed by atoms with Crippen LogP contribution in [0.2, 0.25) is 0 Å². The van der Waals surface area contributed by atoms with Gasteiger partial charge in [0.25, 0.3) is 5.56 Å². The molecule has 0 aliphatic heterocycles. The molecule has 92 valence electrons. The fraction of sp³-hybridized carbons (Fsp3) is 0.231. The van der Waals surface area contributed by atoms with Crippen LogP contribution in [0.15, 0.2) is 45.0 Å². The summed E-state index contributed by atoms with van der Waals surface area (Å²) in [5.41, 5.74) is 6.49. The van der Waals surface area contributed by atoms with Crippen LogP contribution in [0, 0.1) is 0 Å². The van der Waals surface area contributed by atoms with E-state index < -0.39 is 0 Å². The number of anilines is 1. The van der Waals surface area contributed by atoms with Crippen LogP contribution in [0.25, 0.3) is 0 Å². The second-order valence-electron chi connectivity index (χ2n) is 4.38. The molecule has 1 fully saturated rings. The molecule has 1 saturated carbocycles. The highest BCUT2D eigenvalue weighted by molar-refractivity contribution is 7.99. The topological polar surface area (TPSA) is 71.8 Å². The molecular weight excluding hydrogens is 246 g/mol. The van der Waals surface area contributed by atoms with Gasteiger partial charge in [-0.15, -0.1) is 0 Å². The lowest BCUT2D eigenvalue weighted by Crippen LogP contribution is -2.10. The summed E-state index contributed by atoms with van der Waals surface area (Å²) in [6.07, 6.45) is 2.23. The maximum absolute atomic E-state index is 11.6. The Labute approximate surface area is 109 Å². The number of nitrogens with zero attached hydrogens (tertiary/aromatic N) is 1. The molecule has 2 aromatic rings. The molecule has 0 atom stereocenters. The van der Waals surface area contributed by atoms with Gasteiger partial charge in [-0.2, -0.15) is 0 Å². The highest BCUT2D eigenvalue weighted by Crippen LogP contribution is 2.38. The van der Waals surface area contributed by atoms with Gasteiger partial charge in [-0.25, -0.2) is 4.98 Å². The summed E-state index contributed by atoms with van der Waals surface area (Å²) in [7, 11) is 0. The number of nitrogen functional groups attached to an aromatic ring is 1. The first-order valence-corrected chi connectivity index (χ1v) is 6.67. The fourth-order valence-corrected chi connectivity index (χ4v) is 2.61. The Kier molecular flexibility index (Phi) is 2.83. The number of para-hydroxylation sites is 1. The molecule has 0 radical (unpaired) electrons. The van der Waals surface area contributed by atoms with Gasteiger partial charge in [-0.3, -0.25) is 4.79 Å². The zero-order valence-corrected chi connectivity index (χ0v) is 10.5. The monoisotopic (exact) mass is 259 g/mol. The summed E-state index contributed by atoms with van der Waals surface area (Å²) in [4.78, 5) is 19.8. The normalized spacial score (nSPS) is 14.7. The van der Waals surface area contributed by atoms with E-state index in [-0.39, 0.29) is 5.56 Å². The minimum atomic E-state index is -0.0936. The van der Waals surface area contributed by atoms with Gasteiger partial charge in [-0.05, 0) is 25.0 Å². The second kappa shape index (κ2) is 4.49. The van der Waals surface area contributed by atoms with Gasteiger partial charge >= 0.3 is 0 Å². The average Bonchev–Trinajstić information content (AvgIpc) is 3.15. The minimum Gasteiger partial charge on any atom is -0.398 e. The van der Waals surface area contributed by atoms with E-state index in [2.05, 4.69) is 9.97 Å². The molecule has 4 nitrogen and oxygen atoms in total. The van der Waals surface area contributed by atoms with Crippen LogP contribution in [-0.2, 0) is 0 Å². The Morgan fingerprint density at radius 1 is 1.33 bits per heavy atom. The first kappa shape index (κ1) is 11.3. The third kappa shape index (κ3) is 2.41. The zero-order valence-electron chi connectivity index (χ0n) is 9.72. The van der Waals surface area contributed by atoms with Crippen LogP contribution in [0.1, 0.15) is 24.6 Å². The first-order chi connectivity index (χ1) is 8.72. The Morgan fingerprint density at radius 2 is 2.11 bits per heavy atom. The number of rotatable bonds is 3. The Morgan fingerprint density at radius 3 is 2.83 bits per heavy atom. The van der Waals surface area contributed by atoms with Gasteiger partial charge in [0.1, 0.15) is 10.9 Å². The lowest BCUT2D eigenvalue weighted by Gasteiger charge is -2.05. The fourth-order valence-electron chi connectivity index (χ4n) is 1.74. The molecule has 5 heteroatoms. The molecule has 1 aliphatic rings. The minimum absolute atomic E-state index is 0.0936. The highest BCUT2D eigenvalue weighted by Gasteiger charge is 2.26. The van der Waals surface area contributed by atoms with Crippen LogP contribution >= 0.6 is 11.8 Å². The summed E-state index contributed by atoms with van der Waals surface area (Å²) in [6, 6.07) is 9.11. The van der Waals surface area contributed by atoms with Gasteiger partial charge in [0.15, 0.2) is 0 Å². The summed E-state index contributed by atoms with van der Waals surface area (Å²) >= 11 is 1.43. The number of nitrogens with one attached hydrogen (secondary N) is 1. The van der Waals surface area contributed by atoms with E-state index in [1.807, 2.05) is 24.3 Å². The largest absolute Gasteiger partial charge is 0.398 e. The van der Waals surface area contributed by atoms with Crippen LogP contribution in [-0.4, -0.2) is 9.97 Å². The molecule has 3 N–H and O–H groups in total. The third-order valence-corrected chi connectivity index (χ3v) is 3.84. The third-order valence-electron chi connectivity index (χ3n) is 2.83. The maximum Gasteiger partial charge on any atom is 0.252 e. The average molecular weight is 259 g/mol. The molecule has 18 heavy (non-hydrogen) atoms. The molecule has 3 rings (SSSR count). The highest BCUT2D eigenvalue weighted by atomic mass is 32.2. The van der Waals surface area contributed by atoms with Crippen molar-refractivity contribution in [2.24, 2.45) is 0 Å². The number of nitrogens with two attached hydrogens (primary N) is 1. The van der Waals surface area contributed by atoms with Gasteiger partial charge in [0, 0.05) is 22.6 Å². The SMILES string of the molecule is Nc1ccccc1Sc1cc(=O)[nH]c(C2CC2)n1. The zero-order chi connectivity index (χ0) is 12.5. The quantitative estimate of drug-likeness (QED) is 0.655. The van der Waals surface area contributed by atoms with Gasteiger partial charge < -0.3 is 10.7 Å². The van der Waals surface area contributed by atoms with E-state index >= 15 is 0 Å². The van der Waals surface area contributed by atoms with E-state index in [4.69, 9.17) is 5.73 Å². The van der Waals surface area contributed by atoms with Gasteiger partial charge in [0.2, 0.25) is 0 Å². The molecule has 0 amide bonds. The van der Waals surface area contributed by atoms with Gasteiger partial charge in [0.05, 0.1) is 0 Å². The molecule has 1 heterocycles. The molecule has 0 unspecified atom stereocenters. The van der Waals surface area contributed by atoms with Crippen molar-refractivity contribution in [3.05, 3.63) is 46.5 Å². The first-order valence-electron chi connectivity index (χ1n) is 5.86. The van der Waals surface area contributed by atoms with Crippen LogP contribution in [0.3, 0.4) is 0 Å². The number of H-pyrrole nitrogens is 1. The van der Waals surface area contributed by atoms with Crippen molar-refractivity contribution in [1.29, 1.82) is 0 Å². The summed E-state index contributed by atoms with van der Waals surface area (Å²) in [5.74, 6) is 1.24. The predicted octanol–water partition coefficient (Wildman–Crippen LogP) is 2.38. The van der Waals surface area contributed by atoms with Crippen molar-refractivity contribution in [3.8, 4) is 0 Å². The van der Waals surface area contributed by atoms with Crippen molar-refractivity contribution in [2.75, 3.05) is 5.73 Å². The number of aromatic amines is 1. The van der Waals surface area contributed by atoms with E-state index in [1.165, 1.54) is 17.8 Å². The van der Waals surface area contributed by atoms with Crippen LogP contribution < -0.4 is 11.3 Å². The summed E-state index contributed by atoms with van der Waals surface area (Å²) < 4.78 is 0. The molecule has 1 aromatic carbocycles. The van der Waals surface area contributed by atoms with Crippen LogP contribution in [0.5, 0.6) is 0 Å². The van der Waals surface area contributed by atoms with Crippen molar-refractivity contribution in [3.63, 3.8) is 0 Å². The van der Waals surface area contributed by atoms with Gasteiger partial charge in [-0.1, -0.05) is 23.9 Å². The molecular formula is C13H13N3OS. The summed E-state index contributed by atoms with van der Waals surface area (Å²) in [5, 5.41) is 0.707. The molecule has 0 saturated heterocycles. The molecule has 0 spiro atoms. The Bertz CT molecular complexity index is 634. The van der Waals surface area contributed by atoms with E-state index in [0.29, 0.717) is 16.6 Å². The van der Waals surface area contributed by atoms with Crippen molar-refractivity contribution < 1.29 is 0 Å². The van der Waals surface area contributed by atoms with E-state index in [1.54, 1.807) is 0 Å².